The monoisotopic (exact) mass is 569 g/mol. The summed E-state index contributed by atoms with van der Waals surface area (Å²) in [5.41, 5.74) is 3.75. The van der Waals surface area contributed by atoms with E-state index in [0.717, 1.165) is 33.5 Å². The van der Waals surface area contributed by atoms with Crippen molar-refractivity contribution in [3.05, 3.63) is 64.2 Å². The SMILES string of the molecule is CSCCC(NC(=O)OC(C)(C)C)C(=O)N(C(C(=O)Nc1c(C)cccc1C)c1cc(C)ccc1C)C(C)(C)C. The summed E-state index contributed by atoms with van der Waals surface area (Å²) in [5.74, 6) is -0.00217. The Morgan fingerprint density at radius 3 is 2.05 bits per heavy atom. The third-order valence-corrected chi connectivity index (χ3v) is 7.17. The second-order valence-electron chi connectivity index (χ2n) is 12.4. The molecule has 8 heteroatoms. The first-order valence-electron chi connectivity index (χ1n) is 13.7. The first-order chi connectivity index (χ1) is 18.5. The van der Waals surface area contributed by atoms with E-state index in [1.54, 1.807) is 37.4 Å². The number of carbonyl (C=O) groups excluding carboxylic acids is 3. The Morgan fingerprint density at radius 1 is 0.925 bits per heavy atom. The normalized spacial score (nSPS) is 13.3. The molecule has 3 amide bonds. The summed E-state index contributed by atoms with van der Waals surface area (Å²) < 4.78 is 5.49. The van der Waals surface area contributed by atoms with Gasteiger partial charge in [-0.25, -0.2) is 4.79 Å². The smallest absolute Gasteiger partial charge is 0.408 e. The average Bonchev–Trinajstić information content (AvgIpc) is 2.81. The number of ether oxygens (including phenoxy) is 1. The number of nitrogens with zero attached hydrogens (tertiary/aromatic N) is 1. The minimum absolute atomic E-state index is 0.310. The number of amides is 3. The van der Waals surface area contributed by atoms with Gasteiger partial charge in [0.1, 0.15) is 17.7 Å². The topological polar surface area (TPSA) is 87.7 Å². The molecule has 7 nitrogen and oxygen atoms in total. The fourth-order valence-electron chi connectivity index (χ4n) is 4.61. The predicted octanol–water partition coefficient (Wildman–Crippen LogP) is 6.87. The molecule has 2 unspecified atom stereocenters. The molecule has 0 radical (unpaired) electrons. The summed E-state index contributed by atoms with van der Waals surface area (Å²) in [6.07, 6.45) is 1.68. The average molecular weight is 570 g/mol. The second-order valence-corrected chi connectivity index (χ2v) is 13.4. The van der Waals surface area contributed by atoms with Gasteiger partial charge in [0.2, 0.25) is 5.91 Å². The van der Waals surface area contributed by atoms with Crippen LogP contribution in [0.15, 0.2) is 36.4 Å². The zero-order valence-corrected chi connectivity index (χ0v) is 26.8. The van der Waals surface area contributed by atoms with Crippen molar-refractivity contribution in [3.63, 3.8) is 0 Å². The molecule has 0 aromatic heterocycles. The molecule has 0 aliphatic carbocycles. The molecule has 0 spiro atoms. The Balaban J connectivity index is 2.68. The zero-order chi connectivity index (χ0) is 30.4. The second kappa shape index (κ2) is 13.6. The molecule has 0 aliphatic rings. The summed E-state index contributed by atoms with van der Waals surface area (Å²) >= 11 is 1.59. The quantitative estimate of drug-likeness (QED) is 0.344. The minimum atomic E-state index is -0.941. The van der Waals surface area contributed by atoms with Gasteiger partial charge in [-0.1, -0.05) is 42.0 Å². The van der Waals surface area contributed by atoms with Gasteiger partial charge in [0, 0.05) is 11.2 Å². The van der Waals surface area contributed by atoms with Crippen molar-refractivity contribution in [2.75, 3.05) is 17.3 Å². The highest BCUT2D eigenvalue weighted by Crippen LogP contribution is 2.34. The number of aryl methyl sites for hydroxylation is 4. The Hall–Kier alpha value is -3.00. The highest BCUT2D eigenvalue weighted by atomic mass is 32.2. The van der Waals surface area contributed by atoms with Gasteiger partial charge in [0.05, 0.1) is 0 Å². The van der Waals surface area contributed by atoms with Crippen molar-refractivity contribution in [1.29, 1.82) is 0 Å². The number of thioether (sulfide) groups is 1. The van der Waals surface area contributed by atoms with Crippen LogP contribution in [-0.4, -0.2) is 52.0 Å². The molecule has 0 saturated carbocycles. The lowest BCUT2D eigenvalue weighted by molar-refractivity contribution is -0.146. The van der Waals surface area contributed by atoms with E-state index in [1.807, 2.05) is 91.1 Å². The Kier molecular flexibility index (Phi) is 11.3. The lowest BCUT2D eigenvalue weighted by Crippen LogP contribution is -2.58. The first kappa shape index (κ1) is 33.2. The lowest BCUT2D eigenvalue weighted by atomic mass is 9.91. The van der Waals surface area contributed by atoms with Crippen molar-refractivity contribution in [3.8, 4) is 0 Å². The number of nitrogens with one attached hydrogen (secondary N) is 2. The molecule has 2 atom stereocenters. The molecular weight excluding hydrogens is 522 g/mol. The molecule has 2 aromatic carbocycles. The Morgan fingerprint density at radius 2 is 1.52 bits per heavy atom. The van der Waals surface area contributed by atoms with E-state index < -0.39 is 29.3 Å². The lowest BCUT2D eigenvalue weighted by Gasteiger charge is -2.43. The third kappa shape index (κ3) is 9.01. The van der Waals surface area contributed by atoms with Gasteiger partial charge >= 0.3 is 6.09 Å². The molecule has 2 N–H and O–H groups in total. The van der Waals surface area contributed by atoms with Crippen LogP contribution in [0.1, 0.15) is 81.8 Å². The van der Waals surface area contributed by atoms with E-state index in [9.17, 15) is 14.4 Å². The minimum Gasteiger partial charge on any atom is -0.444 e. The fraction of sp³-hybridized carbons (Fsp3) is 0.531. The maximum absolute atomic E-state index is 14.5. The number of benzene rings is 2. The van der Waals surface area contributed by atoms with Crippen molar-refractivity contribution in [2.24, 2.45) is 0 Å². The molecule has 0 bridgehead atoms. The summed E-state index contributed by atoms with van der Waals surface area (Å²) in [4.78, 5) is 43.2. The van der Waals surface area contributed by atoms with Crippen LogP contribution in [0.5, 0.6) is 0 Å². The standard InChI is InChI=1S/C32H47N3O4S/c1-20-15-16-21(2)24(19-20)27(28(36)34-26-22(3)13-12-14-23(26)4)35(31(5,6)7)29(37)25(17-18-40-11)33-30(38)39-32(8,9)10/h12-16,19,25,27H,17-18H2,1-11H3,(H,33,38)(H,34,36). The van der Waals surface area contributed by atoms with Crippen molar-refractivity contribution >= 4 is 35.4 Å². The Labute approximate surface area is 244 Å². The van der Waals surface area contributed by atoms with Crippen LogP contribution in [0.2, 0.25) is 0 Å². The highest BCUT2D eigenvalue weighted by Gasteiger charge is 2.42. The predicted molar refractivity (Wildman–Crippen MR) is 166 cm³/mol. The maximum atomic E-state index is 14.5. The van der Waals surface area contributed by atoms with Crippen molar-refractivity contribution < 1.29 is 19.1 Å². The van der Waals surface area contributed by atoms with Crippen LogP contribution in [0.25, 0.3) is 0 Å². The van der Waals surface area contributed by atoms with Crippen LogP contribution in [-0.2, 0) is 14.3 Å². The van der Waals surface area contributed by atoms with E-state index in [1.165, 1.54) is 0 Å². The third-order valence-electron chi connectivity index (χ3n) is 6.53. The van der Waals surface area contributed by atoms with Crippen molar-refractivity contribution in [2.45, 2.75) is 98.9 Å². The fourth-order valence-corrected chi connectivity index (χ4v) is 5.08. The number of hydrogen-bond acceptors (Lipinski definition) is 5. The number of anilines is 1. The van der Waals surface area contributed by atoms with Gasteiger partial charge in [-0.3, -0.25) is 9.59 Å². The van der Waals surface area contributed by atoms with Gasteiger partial charge < -0.3 is 20.3 Å². The van der Waals surface area contributed by atoms with Crippen LogP contribution in [0, 0.1) is 27.7 Å². The van der Waals surface area contributed by atoms with Crippen LogP contribution in [0.4, 0.5) is 10.5 Å². The van der Waals surface area contributed by atoms with E-state index >= 15 is 0 Å². The van der Waals surface area contributed by atoms with E-state index in [2.05, 4.69) is 10.6 Å². The van der Waals surface area contributed by atoms with Crippen LogP contribution in [0.3, 0.4) is 0 Å². The maximum Gasteiger partial charge on any atom is 0.408 e. The Bertz CT molecular complexity index is 1190. The molecule has 0 aliphatic heterocycles. The van der Waals surface area contributed by atoms with Gasteiger partial charge in [0.25, 0.3) is 5.91 Å². The van der Waals surface area contributed by atoms with Crippen molar-refractivity contribution in [1.82, 2.24) is 10.2 Å². The number of hydrogen-bond donors (Lipinski definition) is 2. The van der Waals surface area contributed by atoms with E-state index in [-0.39, 0.29) is 11.8 Å². The largest absolute Gasteiger partial charge is 0.444 e. The number of rotatable bonds is 9. The number of carbonyl (C=O) groups is 3. The molecule has 2 aromatic rings. The summed E-state index contributed by atoms with van der Waals surface area (Å²) in [6, 6.07) is 9.97. The molecule has 0 fully saturated rings. The molecule has 0 saturated heterocycles. The van der Waals surface area contributed by atoms with Crippen LogP contribution < -0.4 is 10.6 Å². The first-order valence-corrected chi connectivity index (χ1v) is 15.1. The molecule has 2 rings (SSSR count). The van der Waals surface area contributed by atoms with Gasteiger partial charge in [-0.05, 0) is 110 Å². The molecule has 0 heterocycles. The van der Waals surface area contributed by atoms with Crippen LogP contribution >= 0.6 is 11.8 Å². The summed E-state index contributed by atoms with van der Waals surface area (Å²) in [7, 11) is 0. The number of para-hydroxylation sites is 1. The van der Waals surface area contributed by atoms with Gasteiger partial charge in [-0.2, -0.15) is 11.8 Å². The zero-order valence-electron chi connectivity index (χ0n) is 26.0. The van der Waals surface area contributed by atoms with Gasteiger partial charge in [0.15, 0.2) is 0 Å². The summed E-state index contributed by atoms with van der Waals surface area (Å²) in [5, 5.41) is 5.94. The molecule has 220 valence electrons. The molecule has 40 heavy (non-hydrogen) atoms. The number of alkyl carbamates (subject to hydrolysis) is 1. The van der Waals surface area contributed by atoms with E-state index in [4.69, 9.17) is 4.74 Å². The molecular formula is C32H47N3O4S. The highest BCUT2D eigenvalue weighted by molar-refractivity contribution is 7.98. The van der Waals surface area contributed by atoms with E-state index in [0.29, 0.717) is 12.2 Å². The van der Waals surface area contributed by atoms with Gasteiger partial charge in [-0.15, -0.1) is 0 Å². The summed E-state index contributed by atoms with van der Waals surface area (Å²) in [6.45, 7) is 18.9.